The first-order chi connectivity index (χ1) is 3.50. The van der Waals surface area contributed by atoms with E-state index < -0.39 is 12.3 Å². The van der Waals surface area contributed by atoms with Crippen LogP contribution in [0.2, 0.25) is 0 Å². The lowest BCUT2D eigenvalue weighted by Crippen LogP contribution is -2.38. The normalized spacial score (nSPS) is 18.8. The minimum Gasteiger partial charge on any atom is -0.392 e. The van der Waals surface area contributed by atoms with Gasteiger partial charge in [0.25, 0.3) is 0 Å². The Morgan fingerprint density at radius 1 is 1.62 bits per heavy atom. The highest BCUT2D eigenvalue weighted by atomic mass is 35.5. The molecule has 0 fully saturated rings. The highest BCUT2D eigenvalue weighted by Gasteiger charge is 2.25. The Morgan fingerprint density at radius 2 is 2.00 bits per heavy atom. The van der Waals surface area contributed by atoms with Gasteiger partial charge in [-0.15, -0.1) is 0 Å². The molecule has 0 amide bonds. The molecule has 0 saturated heterocycles. The van der Waals surface area contributed by atoms with Crippen molar-refractivity contribution < 1.29 is 10.2 Å². The van der Waals surface area contributed by atoms with Crippen LogP contribution in [0.15, 0.2) is 0 Å². The number of aliphatic hydroxyl groups is 2. The third-order valence-corrected chi connectivity index (χ3v) is 1.39. The second kappa shape index (κ2) is 2.85. The number of hydrogen-bond acceptors (Lipinski definition) is 3. The van der Waals surface area contributed by atoms with Crippen molar-refractivity contribution in [1.82, 2.24) is 3.94 Å². The van der Waals surface area contributed by atoms with Crippen LogP contribution in [0.5, 0.6) is 0 Å². The minimum atomic E-state index is -1.54. The fourth-order valence-electron chi connectivity index (χ4n) is 0.0535. The highest BCUT2D eigenvalue weighted by Crippen LogP contribution is 2.15. The molecule has 50 valence electrons. The fraction of sp³-hybridized carbons (Fsp3) is 1.00. The standard InChI is InChI=1S/C3H7Cl2NO2/c1-3(8,2-7)6(4)5/h7-8H,2H2,1H3. The van der Waals surface area contributed by atoms with Crippen LogP contribution in [0.1, 0.15) is 6.92 Å². The Labute approximate surface area is 57.6 Å². The van der Waals surface area contributed by atoms with Crippen molar-refractivity contribution in [2.75, 3.05) is 6.61 Å². The summed E-state index contributed by atoms with van der Waals surface area (Å²) in [6, 6.07) is 0. The van der Waals surface area contributed by atoms with Crippen LogP contribution in [0.4, 0.5) is 0 Å². The Hall–Kier alpha value is 0.460. The molecule has 3 nitrogen and oxygen atoms in total. The van der Waals surface area contributed by atoms with Crippen LogP contribution < -0.4 is 0 Å². The molecule has 0 aliphatic heterocycles. The molecule has 0 aromatic carbocycles. The summed E-state index contributed by atoms with van der Waals surface area (Å²) < 4.78 is 0.493. The lowest BCUT2D eigenvalue weighted by molar-refractivity contribution is -0.0498. The van der Waals surface area contributed by atoms with E-state index in [9.17, 15) is 0 Å². The van der Waals surface area contributed by atoms with Gasteiger partial charge in [0, 0.05) is 0 Å². The predicted molar refractivity (Wildman–Crippen MR) is 31.3 cm³/mol. The molecule has 8 heavy (non-hydrogen) atoms. The maximum atomic E-state index is 8.81. The van der Waals surface area contributed by atoms with Crippen LogP contribution in [0.25, 0.3) is 0 Å². The summed E-state index contributed by atoms with van der Waals surface area (Å²) in [6.45, 7) is 0.785. The molecule has 0 saturated carbocycles. The topological polar surface area (TPSA) is 43.7 Å². The van der Waals surface area contributed by atoms with E-state index in [0.717, 1.165) is 0 Å². The van der Waals surface area contributed by atoms with Gasteiger partial charge < -0.3 is 10.2 Å². The molecule has 0 aliphatic rings. The molecule has 0 aromatic heterocycles. The molecule has 0 heterocycles. The summed E-state index contributed by atoms with van der Waals surface area (Å²) >= 11 is 10.1. The summed E-state index contributed by atoms with van der Waals surface area (Å²) in [6.07, 6.45) is 0. The Morgan fingerprint density at radius 3 is 2.00 bits per heavy atom. The van der Waals surface area contributed by atoms with Gasteiger partial charge in [0.05, 0.1) is 6.61 Å². The number of rotatable bonds is 2. The Balaban J connectivity index is 3.71. The van der Waals surface area contributed by atoms with E-state index in [4.69, 9.17) is 33.8 Å². The molecule has 1 atom stereocenters. The third kappa shape index (κ3) is 2.15. The molecule has 2 N–H and O–H groups in total. The van der Waals surface area contributed by atoms with Gasteiger partial charge in [-0.25, -0.2) is 0 Å². The largest absolute Gasteiger partial charge is 0.392 e. The van der Waals surface area contributed by atoms with Gasteiger partial charge in [-0.2, -0.15) is 0 Å². The molecule has 0 spiro atoms. The fourth-order valence-corrected chi connectivity index (χ4v) is 0.160. The van der Waals surface area contributed by atoms with Crippen LogP contribution in [-0.2, 0) is 0 Å². The average Bonchev–Trinajstić information content (AvgIpc) is 1.67. The highest BCUT2D eigenvalue weighted by molar-refractivity contribution is 6.34. The van der Waals surface area contributed by atoms with Crippen LogP contribution in [0, 0.1) is 0 Å². The zero-order valence-corrected chi connectivity index (χ0v) is 5.82. The quantitative estimate of drug-likeness (QED) is 0.450. The van der Waals surface area contributed by atoms with Gasteiger partial charge in [-0.05, 0) is 30.5 Å². The van der Waals surface area contributed by atoms with E-state index in [2.05, 4.69) is 0 Å². The average molecular weight is 160 g/mol. The van der Waals surface area contributed by atoms with E-state index in [1.807, 2.05) is 0 Å². The summed E-state index contributed by atoms with van der Waals surface area (Å²) in [4.78, 5) is 0. The third-order valence-electron chi connectivity index (χ3n) is 0.664. The van der Waals surface area contributed by atoms with Gasteiger partial charge in [0.2, 0.25) is 0 Å². The van der Waals surface area contributed by atoms with E-state index in [-0.39, 0.29) is 0 Å². The Kier molecular flexibility index (Phi) is 3.01. The lowest BCUT2D eigenvalue weighted by atomic mass is 10.3. The number of hydrogen-bond donors (Lipinski definition) is 2. The first-order valence-corrected chi connectivity index (χ1v) is 2.63. The van der Waals surface area contributed by atoms with E-state index in [0.29, 0.717) is 3.94 Å². The summed E-state index contributed by atoms with van der Waals surface area (Å²) in [5.74, 6) is 0. The number of halogens is 2. The predicted octanol–water partition coefficient (Wildman–Crippen LogP) is 0.297. The van der Waals surface area contributed by atoms with Gasteiger partial charge in [-0.3, -0.25) is 0 Å². The minimum absolute atomic E-state index is 0.493. The molecule has 1 unspecified atom stereocenters. The van der Waals surface area contributed by atoms with Crippen molar-refractivity contribution >= 4 is 23.6 Å². The molecule has 0 aliphatic carbocycles. The molecule has 0 bridgehead atoms. The van der Waals surface area contributed by atoms with Crippen molar-refractivity contribution in [3.8, 4) is 0 Å². The maximum absolute atomic E-state index is 8.81. The maximum Gasteiger partial charge on any atom is 0.166 e. The van der Waals surface area contributed by atoms with Gasteiger partial charge in [-0.1, -0.05) is 3.94 Å². The number of aliphatic hydroxyl groups excluding tert-OH is 1. The van der Waals surface area contributed by atoms with Crippen molar-refractivity contribution in [1.29, 1.82) is 0 Å². The number of nitrogens with zero attached hydrogens (tertiary/aromatic N) is 1. The van der Waals surface area contributed by atoms with Crippen molar-refractivity contribution in [2.24, 2.45) is 0 Å². The lowest BCUT2D eigenvalue weighted by Gasteiger charge is -2.22. The van der Waals surface area contributed by atoms with Crippen LogP contribution in [-0.4, -0.2) is 26.5 Å². The molecule has 0 rings (SSSR count). The van der Waals surface area contributed by atoms with Crippen LogP contribution >= 0.6 is 23.6 Å². The Bertz CT molecular complexity index is 75.7. The molecule has 0 radical (unpaired) electrons. The zero-order chi connectivity index (χ0) is 6.78. The first-order valence-electron chi connectivity index (χ1n) is 1.96. The smallest absolute Gasteiger partial charge is 0.166 e. The van der Waals surface area contributed by atoms with E-state index in [1.165, 1.54) is 6.92 Å². The van der Waals surface area contributed by atoms with Crippen molar-refractivity contribution in [3.63, 3.8) is 0 Å². The molecule has 0 aromatic rings. The van der Waals surface area contributed by atoms with E-state index in [1.54, 1.807) is 0 Å². The SMILES string of the molecule is CC(O)(CO)N(Cl)Cl. The van der Waals surface area contributed by atoms with Crippen molar-refractivity contribution in [3.05, 3.63) is 0 Å². The van der Waals surface area contributed by atoms with Crippen molar-refractivity contribution in [2.45, 2.75) is 12.6 Å². The second-order valence-electron chi connectivity index (χ2n) is 1.61. The first kappa shape index (κ1) is 8.46. The summed E-state index contributed by atoms with van der Waals surface area (Å²) in [5.41, 5.74) is -1.54. The van der Waals surface area contributed by atoms with E-state index >= 15 is 0 Å². The molecular formula is C3H7Cl2NO2. The summed E-state index contributed by atoms with van der Waals surface area (Å²) in [5, 5.41) is 17.1. The van der Waals surface area contributed by atoms with Crippen LogP contribution in [0.3, 0.4) is 0 Å². The molecule has 5 heteroatoms. The zero-order valence-electron chi connectivity index (χ0n) is 4.30. The second-order valence-corrected chi connectivity index (χ2v) is 2.46. The van der Waals surface area contributed by atoms with Gasteiger partial charge in [0.15, 0.2) is 5.72 Å². The van der Waals surface area contributed by atoms with Gasteiger partial charge in [0.1, 0.15) is 0 Å². The summed E-state index contributed by atoms with van der Waals surface area (Å²) in [7, 11) is 0. The monoisotopic (exact) mass is 159 g/mol. The van der Waals surface area contributed by atoms with Gasteiger partial charge >= 0.3 is 0 Å². The molecular weight excluding hydrogens is 153 g/mol.